The Morgan fingerprint density at radius 3 is 1.12 bits per heavy atom. The zero-order chi connectivity index (χ0) is 13.6. The van der Waals surface area contributed by atoms with Gasteiger partial charge in [-0.15, -0.1) is 0 Å². The Morgan fingerprint density at radius 1 is 0.938 bits per heavy atom. The number of carboxylic acid groups (broad SMARTS) is 2. The van der Waals surface area contributed by atoms with Gasteiger partial charge in [-0.3, -0.25) is 9.59 Å². The molecule has 2 unspecified atom stereocenters. The molecule has 0 heterocycles. The number of carboxylic acids is 2. The number of hydrogen-bond donors (Lipinski definition) is 6. The number of carbonyl (C=O) groups is 2. The van der Waals surface area contributed by atoms with Crippen molar-refractivity contribution in [2.45, 2.75) is 24.9 Å². The average Bonchev–Trinajstić information content (AvgIpc) is 2.18. The van der Waals surface area contributed by atoms with Gasteiger partial charge in [0.1, 0.15) is 11.1 Å². The van der Waals surface area contributed by atoms with Gasteiger partial charge in [-0.05, 0) is 13.8 Å². The van der Waals surface area contributed by atoms with Gasteiger partial charge in [-0.2, -0.15) is 0 Å². The highest BCUT2D eigenvalue weighted by Gasteiger charge is 2.26. The van der Waals surface area contributed by atoms with E-state index in [2.05, 4.69) is 0 Å². The van der Waals surface area contributed by atoms with Crippen molar-refractivity contribution in [3.8, 4) is 0 Å². The highest BCUT2D eigenvalue weighted by Crippen LogP contribution is 1.95. The predicted molar refractivity (Wildman–Crippen MR) is 54.6 cm³/mol. The zero-order valence-electron chi connectivity index (χ0n) is 9.17. The molecule has 8 heteroatoms. The number of aliphatic hydroxyl groups is 2. The van der Waals surface area contributed by atoms with Crippen molar-refractivity contribution in [1.29, 1.82) is 0 Å². The molecule has 0 spiro atoms. The molecule has 0 saturated heterocycles. The van der Waals surface area contributed by atoms with Crippen LogP contribution in [0.15, 0.2) is 0 Å². The first-order valence-electron chi connectivity index (χ1n) is 4.27. The molecule has 0 aromatic rings. The number of aliphatic hydroxyl groups excluding tert-OH is 2. The monoisotopic (exact) mass is 238 g/mol. The van der Waals surface area contributed by atoms with Crippen molar-refractivity contribution in [3.05, 3.63) is 0 Å². The lowest BCUT2D eigenvalue weighted by Crippen LogP contribution is -2.48. The molecule has 0 saturated carbocycles. The van der Waals surface area contributed by atoms with Crippen LogP contribution in [-0.4, -0.2) is 56.7 Å². The minimum atomic E-state index is -1.49. The van der Waals surface area contributed by atoms with Gasteiger partial charge in [0, 0.05) is 0 Å². The van der Waals surface area contributed by atoms with E-state index in [4.69, 9.17) is 31.9 Å². The predicted octanol–water partition coefficient (Wildman–Crippen LogP) is -2.44. The van der Waals surface area contributed by atoms with E-state index < -0.39 is 36.2 Å². The maximum Gasteiger partial charge on any atom is 0.325 e. The molecule has 0 aliphatic carbocycles. The normalized spacial score (nSPS) is 17.4. The van der Waals surface area contributed by atoms with Crippen LogP contribution in [0.5, 0.6) is 0 Å². The standard InChI is InChI=1S/2C4H9NO3/c2*1-4(5,2-6)3(7)8/h2*6H,2,5H2,1H3,(H,7,8). The molecular formula is C8H18N2O6. The summed E-state index contributed by atoms with van der Waals surface area (Å²) < 4.78 is 0. The van der Waals surface area contributed by atoms with Crippen LogP contribution in [0, 0.1) is 0 Å². The van der Waals surface area contributed by atoms with E-state index in [1.165, 1.54) is 13.8 Å². The van der Waals surface area contributed by atoms with Gasteiger partial charge in [0.25, 0.3) is 0 Å². The summed E-state index contributed by atoms with van der Waals surface area (Å²) in [5.74, 6) is -2.39. The van der Waals surface area contributed by atoms with Crippen LogP contribution in [0.25, 0.3) is 0 Å². The van der Waals surface area contributed by atoms with Crippen LogP contribution in [0.2, 0.25) is 0 Å². The van der Waals surface area contributed by atoms with Crippen LogP contribution in [0.4, 0.5) is 0 Å². The molecule has 2 atom stereocenters. The third-order valence-corrected chi connectivity index (χ3v) is 1.63. The Kier molecular flexibility index (Phi) is 6.85. The first-order chi connectivity index (χ1) is 7.01. The summed E-state index contributed by atoms with van der Waals surface area (Å²) >= 11 is 0. The lowest BCUT2D eigenvalue weighted by atomic mass is 10.1. The third-order valence-electron chi connectivity index (χ3n) is 1.63. The molecule has 0 rings (SSSR count). The highest BCUT2D eigenvalue weighted by atomic mass is 16.4. The number of rotatable bonds is 4. The summed E-state index contributed by atoms with van der Waals surface area (Å²) in [6.45, 7) is 1.41. The lowest BCUT2D eigenvalue weighted by molar-refractivity contribution is -0.145. The van der Waals surface area contributed by atoms with Gasteiger partial charge in [0.05, 0.1) is 13.2 Å². The molecule has 0 bridgehead atoms. The van der Waals surface area contributed by atoms with Gasteiger partial charge in [-0.1, -0.05) is 0 Å². The summed E-state index contributed by atoms with van der Waals surface area (Å²) in [6, 6.07) is 0. The Labute approximate surface area is 92.5 Å². The van der Waals surface area contributed by atoms with Gasteiger partial charge < -0.3 is 31.9 Å². The highest BCUT2D eigenvalue weighted by molar-refractivity contribution is 5.78. The second-order valence-electron chi connectivity index (χ2n) is 3.76. The molecule has 0 aromatic heterocycles. The van der Waals surface area contributed by atoms with Gasteiger partial charge in [0.2, 0.25) is 0 Å². The Bertz CT molecular complexity index is 225. The van der Waals surface area contributed by atoms with Crippen molar-refractivity contribution in [2.75, 3.05) is 13.2 Å². The summed E-state index contributed by atoms with van der Waals surface area (Å²) in [5.41, 5.74) is 7.05. The molecule has 0 amide bonds. The number of aliphatic carboxylic acids is 2. The number of hydrogen-bond acceptors (Lipinski definition) is 6. The van der Waals surface area contributed by atoms with Gasteiger partial charge >= 0.3 is 11.9 Å². The zero-order valence-corrected chi connectivity index (χ0v) is 9.17. The minimum Gasteiger partial charge on any atom is -0.480 e. The third kappa shape index (κ3) is 6.30. The molecule has 96 valence electrons. The average molecular weight is 238 g/mol. The maximum absolute atomic E-state index is 9.97. The molecule has 0 fully saturated rings. The fourth-order valence-corrected chi connectivity index (χ4v) is 0.135. The van der Waals surface area contributed by atoms with Crippen molar-refractivity contribution in [3.63, 3.8) is 0 Å². The van der Waals surface area contributed by atoms with E-state index in [0.29, 0.717) is 0 Å². The molecule has 0 aliphatic rings. The second kappa shape index (κ2) is 6.38. The largest absolute Gasteiger partial charge is 0.480 e. The fourth-order valence-electron chi connectivity index (χ4n) is 0.135. The summed E-state index contributed by atoms with van der Waals surface area (Å²) in [7, 11) is 0. The Morgan fingerprint density at radius 2 is 1.12 bits per heavy atom. The van der Waals surface area contributed by atoms with E-state index in [1.54, 1.807) is 0 Å². The topological polar surface area (TPSA) is 167 Å². The smallest absolute Gasteiger partial charge is 0.325 e. The van der Waals surface area contributed by atoms with Crippen molar-refractivity contribution in [2.24, 2.45) is 11.5 Å². The Hall–Kier alpha value is -1.22. The first kappa shape index (κ1) is 17.2. The van der Waals surface area contributed by atoms with E-state index in [-0.39, 0.29) is 0 Å². The molecule has 0 aromatic carbocycles. The van der Waals surface area contributed by atoms with E-state index in [9.17, 15) is 9.59 Å². The van der Waals surface area contributed by atoms with Crippen molar-refractivity contribution < 1.29 is 30.0 Å². The molecule has 16 heavy (non-hydrogen) atoms. The van der Waals surface area contributed by atoms with Gasteiger partial charge in [-0.25, -0.2) is 0 Å². The summed E-state index contributed by atoms with van der Waals surface area (Å²) in [5, 5.41) is 32.8. The summed E-state index contributed by atoms with van der Waals surface area (Å²) in [4.78, 5) is 19.9. The molecule has 8 nitrogen and oxygen atoms in total. The van der Waals surface area contributed by atoms with Crippen LogP contribution in [0.1, 0.15) is 13.8 Å². The van der Waals surface area contributed by atoms with Crippen LogP contribution < -0.4 is 11.5 Å². The summed E-state index contributed by atoms with van der Waals surface area (Å²) in [6.07, 6.45) is 0. The van der Waals surface area contributed by atoms with Crippen molar-refractivity contribution in [1.82, 2.24) is 0 Å². The van der Waals surface area contributed by atoms with E-state index in [0.717, 1.165) is 0 Å². The lowest BCUT2D eigenvalue weighted by Gasteiger charge is -2.13. The second-order valence-corrected chi connectivity index (χ2v) is 3.76. The van der Waals surface area contributed by atoms with Crippen LogP contribution in [0.3, 0.4) is 0 Å². The maximum atomic E-state index is 9.97. The Balaban J connectivity index is 0. The van der Waals surface area contributed by atoms with E-state index >= 15 is 0 Å². The SMILES string of the molecule is CC(N)(CO)C(=O)O.CC(N)(CO)C(=O)O. The van der Waals surface area contributed by atoms with Gasteiger partial charge in [0.15, 0.2) is 0 Å². The van der Waals surface area contributed by atoms with Crippen LogP contribution >= 0.6 is 0 Å². The molecule has 8 N–H and O–H groups in total. The van der Waals surface area contributed by atoms with Crippen molar-refractivity contribution >= 4 is 11.9 Å². The first-order valence-corrected chi connectivity index (χ1v) is 4.27. The molecule has 0 aliphatic heterocycles. The quantitative estimate of drug-likeness (QED) is 0.314. The fraction of sp³-hybridized carbons (Fsp3) is 0.750. The van der Waals surface area contributed by atoms with E-state index in [1.807, 2.05) is 0 Å². The molecule has 0 radical (unpaired) electrons. The number of nitrogens with two attached hydrogens (primary N) is 2. The van der Waals surface area contributed by atoms with Crippen LogP contribution in [-0.2, 0) is 9.59 Å². The molecular weight excluding hydrogens is 220 g/mol. The minimum absolute atomic E-state index is 0.539.